The second-order valence-electron chi connectivity index (χ2n) is 8.30. The molecule has 1 saturated carbocycles. The monoisotopic (exact) mass is 353 g/mol. The summed E-state index contributed by atoms with van der Waals surface area (Å²) in [5.74, 6) is 0.00911. The topological polar surface area (TPSA) is 62.8 Å². The summed E-state index contributed by atoms with van der Waals surface area (Å²) in [6.45, 7) is 3.88. The largest absolute Gasteiger partial charge is 0.379 e. The molecule has 2 saturated heterocycles. The first kappa shape index (κ1) is 19.1. The Balaban J connectivity index is 1.46. The van der Waals surface area contributed by atoms with Crippen molar-refractivity contribution in [2.45, 2.75) is 63.1 Å². The summed E-state index contributed by atoms with van der Waals surface area (Å²) in [6.07, 6.45) is 8.85. The van der Waals surface area contributed by atoms with Crippen LogP contribution in [0.15, 0.2) is 0 Å². The van der Waals surface area contributed by atoms with Crippen LogP contribution >= 0.6 is 0 Å². The van der Waals surface area contributed by atoms with E-state index in [0.717, 1.165) is 13.0 Å². The molecule has 6 heteroatoms. The molecule has 3 aliphatic rings. The van der Waals surface area contributed by atoms with E-state index in [1.807, 2.05) is 0 Å². The van der Waals surface area contributed by atoms with Crippen LogP contribution in [0.4, 0.5) is 0 Å². The van der Waals surface area contributed by atoms with Crippen LogP contribution in [0.1, 0.15) is 44.9 Å². The third kappa shape index (κ3) is 5.16. The lowest BCUT2D eigenvalue weighted by atomic mass is 9.67. The van der Waals surface area contributed by atoms with E-state index in [4.69, 9.17) is 9.47 Å². The molecule has 6 nitrogen and oxygen atoms in total. The number of carbonyl (C=O) groups is 1. The molecule has 0 bridgehead atoms. The zero-order valence-electron chi connectivity index (χ0n) is 15.9. The van der Waals surface area contributed by atoms with E-state index in [1.54, 1.807) is 19.0 Å². The summed E-state index contributed by atoms with van der Waals surface area (Å²) in [7, 11) is 3.52. The smallest absolute Gasteiger partial charge is 0.248 e. The van der Waals surface area contributed by atoms with Gasteiger partial charge in [-0.25, -0.2) is 0 Å². The van der Waals surface area contributed by atoms with Gasteiger partial charge in [-0.1, -0.05) is 0 Å². The zero-order chi connectivity index (χ0) is 17.7. The predicted molar refractivity (Wildman–Crippen MR) is 97.6 cm³/mol. The maximum absolute atomic E-state index is 11.8. The van der Waals surface area contributed by atoms with Gasteiger partial charge in [-0.2, -0.15) is 0 Å². The van der Waals surface area contributed by atoms with Crippen molar-refractivity contribution < 1.29 is 14.3 Å². The van der Waals surface area contributed by atoms with Crippen LogP contribution in [0.25, 0.3) is 0 Å². The van der Waals surface area contributed by atoms with Crippen LogP contribution in [0.5, 0.6) is 0 Å². The van der Waals surface area contributed by atoms with Crippen molar-refractivity contribution in [1.29, 1.82) is 0 Å². The van der Waals surface area contributed by atoms with Crippen molar-refractivity contribution in [2.75, 3.05) is 47.0 Å². The molecule has 1 spiro atoms. The van der Waals surface area contributed by atoms with Gasteiger partial charge in [0.05, 0.1) is 12.7 Å². The summed E-state index contributed by atoms with van der Waals surface area (Å²) >= 11 is 0. The number of piperidine rings is 1. The van der Waals surface area contributed by atoms with E-state index in [2.05, 4.69) is 10.6 Å². The Labute approximate surface area is 152 Å². The van der Waals surface area contributed by atoms with Crippen LogP contribution in [0.3, 0.4) is 0 Å². The van der Waals surface area contributed by atoms with Gasteiger partial charge in [0.1, 0.15) is 6.61 Å². The van der Waals surface area contributed by atoms with E-state index >= 15 is 0 Å². The normalized spacial score (nSPS) is 30.3. The Morgan fingerprint density at radius 1 is 1.20 bits per heavy atom. The van der Waals surface area contributed by atoms with Gasteiger partial charge in [-0.3, -0.25) is 4.79 Å². The molecular weight excluding hydrogens is 318 g/mol. The van der Waals surface area contributed by atoms with Crippen molar-refractivity contribution in [1.82, 2.24) is 15.5 Å². The number of hydrogen-bond donors (Lipinski definition) is 2. The third-order valence-corrected chi connectivity index (χ3v) is 6.38. The van der Waals surface area contributed by atoms with Crippen LogP contribution in [0.2, 0.25) is 0 Å². The second kappa shape index (κ2) is 8.80. The number of rotatable bonds is 5. The summed E-state index contributed by atoms with van der Waals surface area (Å²) in [5, 5.41) is 7.33. The highest BCUT2D eigenvalue weighted by molar-refractivity contribution is 5.76. The van der Waals surface area contributed by atoms with E-state index in [-0.39, 0.29) is 18.6 Å². The van der Waals surface area contributed by atoms with Crippen molar-refractivity contribution in [3.05, 3.63) is 0 Å². The number of nitrogens with one attached hydrogen (secondary N) is 2. The van der Waals surface area contributed by atoms with Crippen molar-refractivity contribution in [2.24, 2.45) is 5.41 Å². The van der Waals surface area contributed by atoms with Gasteiger partial charge >= 0.3 is 0 Å². The van der Waals surface area contributed by atoms with Gasteiger partial charge in [0.2, 0.25) is 5.91 Å². The quantitative estimate of drug-likeness (QED) is 0.776. The molecular formula is C19H35N3O3. The number of ether oxygens (including phenoxy) is 2. The minimum Gasteiger partial charge on any atom is -0.379 e. The summed E-state index contributed by atoms with van der Waals surface area (Å²) in [4.78, 5) is 13.4. The van der Waals surface area contributed by atoms with Crippen molar-refractivity contribution >= 4 is 5.91 Å². The molecule has 2 N–H and O–H groups in total. The highest BCUT2D eigenvalue weighted by atomic mass is 16.5. The Kier molecular flexibility index (Phi) is 6.72. The Morgan fingerprint density at radius 3 is 2.60 bits per heavy atom. The average molecular weight is 354 g/mol. The van der Waals surface area contributed by atoms with E-state index < -0.39 is 0 Å². The lowest BCUT2D eigenvalue weighted by molar-refractivity contribution is -0.140. The second-order valence-corrected chi connectivity index (χ2v) is 8.30. The molecule has 2 heterocycles. The molecule has 1 amide bonds. The Morgan fingerprint density at radius 2 is 1.92 bits per heavy atom. The van der Waals surface area contributed by atoms with E-state index in [1.165, 1.54) is 51.6 Å². The standard InChI is InChI=1S/C19H35N3O3/c1-22(2)18(23)14-25-17-13-24-12-5-16(17)21-15-3-6-19(7-4-15)8-10-20-11-9-19/h15-17,20-21H,3-14H2,1-2H3/t16-,17-/m1/s1. The molecule has 2 atom stereocenters. The predicted octanol–water partition coefficient (Wildman–Crippen LogP) is 1.15. The molecule has 0 unspecified atom stereocenters. The molecule has 2 aliphatic heterocycles. The van der Waals surface area contributed by atoms with E-state index in [0.29, 0.717) is 24.1 Å². The zero-order valence-corrected chi connectivity index (χ0v) is 15.9. The maximum Gasteiger partial charge on any atom is 0.248 e. The van der Waals surface area contributed by atoms with Gasteiger partial charge < -0.3 is 25.0 Å². The first-order chi connectivity index (χ1) is 12.1. The Bertz CT molecular complexity index is 428. The highest BCUT2D eigenvalue weighted by Crippen LogP contribution is 2.43. The number of hydrogen-bond acceptors (Lipinski definition) is 5. The van der Waals surface area contributed by atoms with Crippen LogP contribution < -0.4 is 10.6 Å². The highest BCUT2D eigenvalue weighted by Gasteiger charge is 2.37. The lowest BCUT2D eigenvalue weighted by Crippen LogP contribution is -2.53. The van der Waals surface area contributed by atoms with Gasteiger partial charge in [-0.05, 0) is 63.5 Å². The SMILES string of the molecule is CN(C)C(=O)CO[C@@H]1COCC[C@H]1NC1CCC2(CCNCC2)CC1. The summed E-state index contributed by atoms with van der Waals surface area (Å²) in [5.41, 5.74) is 0.604. The maximum atomic E-state index is 11.8. The fourth-order valence-electron chi connectivity index (χ4n) is 4.53. The first-order valence-corrected chi connectivity index (χ1v) is 9.94. The lowest BCUT2D eigenvalue weighted by Gasteiger charge is -2.45. The minimum absolute atomic E-state index is 0.00911. The van der Waals surface area contributed by atoms with Crippen LogP contribution in [-0.4, -0.2) is 76.0 Å². The van der Waals surface area contributed by atoms with E-state index in [9.17, 15) is 4.79 Å². The minimum atomic E-state index is -0.0209. The molecule has 0 aromatic carbocycles. The number of likely N-dealkylation sites (N-methyl/N-ethyl adjacent to an activating group) is 1. The van der Waals surface area contributed by atoms with Crippen molar-refractivity contribution in [3.63, 3.8) is 0 Å². The molecule has 1 aliphatic carbocycles. The van der Waals surface area contributed by atoms with Gasteiger partial charge in [0.15, 0.2) is 0 Å². The molecule has 0 aromatic heterocycles. The number of carbonyl (C=O) groups excluding carboxylic acids is 1. The fraction of sp³-hybridized carbons (Fsp3) is 0.947. The van der Waals surface area contributed by atoms with Gasteiger partial charge in [0, 0.05) is 32.8 Å². The van der Waals surface area contributed by atoms with Crippen LogP contribution in [-0.2, 0) is 14.3 Å². The van der Waals surface area contributed by atoms with Gasteiger partial charge in [-0.15, -0.1) is 0 Å². The average Bonchev–Trinajstić information content (AvgIpc) is 2.63. The molecule has 0 aromatic rings. The fourth-order valence-corrected chi connectivity index (χ4v) is 4.53. The molecule has 3 fully saturated rings. The first-order valence-electron chi connectivity index (χ1n) is 9.94. The molecule has 144 valence electrons. The third-order valence-electron chi connectivity index (χ3n) is 6.38. The summed E-state index contributed by atoms with van der Waals surface area (Å²) < 4.78 is 11.5. The van der Waals surface area contributed by atoms with Gasteiger partial charge in [0.25, 0.3) is 0 Å². The van der Waals surface area contributed by atoms with Crippen LogP contribution in [0, 0.1) is 5.41 Å². The molecule has 0 radical (unpaired) electrons. The van der Waals surface area contributed by atoms with Crippen molar-refractivity contribution in [3.8, 4) is 0 Å². The number of amides is 1. The molecule has 25 heavy (non-hydrogen) atoms. The number of nitrogens with zero attached hydrogens (tertiary/aromatic N) is 1. The summed E-state index contributed by atoms with van der Waals surface area (Å²) in [6, 6.07) is 0.884. The molecule has 3 rings (SSSR count). The Hall–Kier alpha value is -0.690.